The van der Waals surface area contributed by atoms with Crippen LogP contribution in [0.1, 0.15) is 26.3 Å². The van der Waals surface area contributed by atoms with Crippen LogP contribution in [0.2, 0.25) is 0 Å². The lowest BCUT2D eigenvalue weighted by Crippen LogP contribution is -2.29. The maximum atomic E-state index is 13.2. The van der Waals surface area contributed by atoms with Crippen LogP contribution in [-0.2, 0) is 21.2 Å². The molecular formula is C23H18N2O7S. The Labute approximate surface area is 189 Å². The number of rotatable bonds is 7. The summed E-state index contributed by atoms with van der Waals surface area (Å²) in [4.78, 5) is 34.9. The predicted octanol–water partition coefficient (Wildman–Crippen LogP) is 3.39. The van der Waals surface area contributed by atoms with Crippen LogP contribution in [0, 0.1) is 10.1 Å². The van der Waals surface area contributed by atoms with Crippen molar-refractivity contribution >= 4 is 33.2 Å². The van der Waals surface area contributed by atoms with E-state index in [1.54, 1.807) is 12.1 Å². The lowest BCUT2D eigenvalue weighted by Gasteiger charge is -2.19. The number of hydrogen-bond donors (Lipinski definition) is 0. The number of ether oxygens (including phenoxy) is 1. The Kier molecular flexibility index (Phi) is 5.93. The number of fused-ring (bicyclic) bond motifs is 1. The van der Waals surface area contributed by atoms with E-state index in [-0.39, 0.29) is 21.7 Å². The van der Waals surface area contributed by atoms with E-state index in [4.69, 9.17) is 4.74 Å². The lowest BCUT2D eigenvalue weighted by molar-refractivity contribution is -0.384. The highest BCUT2D eigenvalue weighted by atomic mass is 32.2. The normalized spacial score (nSPS) is 12.8. The van der Waals surface area contributed by atoms with E-state index in [2.05, 4.69) is 0 Å². The molecule has 0 aromatic heterocycles. The Balaban J connectivity index is 1.49. The maximum Gasteiger partial charge on any atom is 0.338 e. The van der Waals surface area contributed by atoms with Gasteiger partial charge in [-0.3, -0.25) is 19.2 Å². The first-order chi connectivity index (χ1) is 15.8. The number of non-ortho nitro benzene ring substituents is 1. The highest BCUT2D eigenvalue weighted by Crippen LogP contribution is 2.32. The molecule has 0 fully saturated rings. The van der Waals surface area contributed by atoms with Gasteiger partial charge in [0.25, 0.3) is 15.7 Å². The van der Waals surface area contributed by atoms with Crippen LogP contribution in [0.4, 0.5) is 11.4 Å². The first-order valence-electron chi connectivity index (χ1n) is 9.93. The van der Waals surface area contributed by atoms with Gasteiger partial charge in [-0.1, -0.05) is 36.4 Å². The second kappa shape index (κ2) is 8.83. The summed E-state index contributed by atoms with van der Waals surface area (Å²) in [6.45, 7) is -0.343. The number of hydrogen-bond acceptors (Lipinski definition) is 7. The Morgan fingerprint density at radius 1 is 0.970 bits per heavy atom. The standard InChI is InChI=1S/C23H18N2O7S/c26-22(17-6-3-8-19(13-17)25(28)29)15-32-23(27)18-7-4-9-20(14-18)33(30,31)24-12-11-16-5-1-2-10-21(16)24/h1-10,13-14H,11-12,15H2. The Morgan fingerprint density at radius 3 is 2.48 bits per heavy atom. The van der Waals surface area contributed by atoms with Gasteiger partial charge in [-0.25, -0.2) is 13.2 Å². The number of nitrogens with zero attached hydrogens (tertiary/aromatic N) is 2. The second-order valence-electron chi connectivity index (χ2n) is 7.29. The van der Waals surface area contributed by atoms with Gasteiger partial charge in [0.2, 0.25) is 5.78 Å². The van der Waals surface area contributed by atoms with Crippen LogP contribution < -0.4 is 4.31 Å². The summed E-state index contributed by atoms with van der Waals surface area (Å²) in [6.07, 6.45) is 0.594. The van der Waals surface area contributed by atoms with Crippen molar-refractivity contribution in [3.8, 4) is 0 Å². The molecule has 4 rings (SSSR count). The van der Waals surface area contributed by atoms with Crippen molar-refractivity contribution in [1.82, 2.24) is 0 Å². The molecule has 168 valence electrons. The number of nitro groups is 1. The number of para-hydroxylation sites is 1. The van der Waals surface area contributed by atoms with Gasteiger partial charge in [0.05, 0.1) is 21.1 Å². The number of carbonyl (C=O) groups is 2. The monoisotopic (exact) mass is 466 g/mol. The molecule has 0 unspecified atom stereocenters. The third-order valence-corrected chi connectivity index (χ3v) is 7.02. The summed E-state index contributed by atoms with van der Waals surface area (Å²) >= 11 is 0. The van der Waals surface area contributed by atoms with Crippen molar-refractivity contribution in [1.29, 1.82) is 0 Å². The average Bonchev–Trinajstić information content (AvgIpc) is 3.27. The van der Waals surface area contributed by atoms with Crippen LogP contribution in [0.15, 0.2) is 77.7 Å². The Hall–Kier alpha value is -4.05. The fourth-order valence-corrected chi connectivity index (χ4v) is 5.11. The highest BCUT2D eigenvalue weighted by Gasteiger charge is 2.31. The molecule has 1 aliphatic rings. The molecule has 0 radical (unpaired) electrons. The number of esters is 1. The number of anilines is 1. The van der Waals surface area contributed by atoms with E-state index < -0.39 is 33.3 Å². The average molecular weight is 466 g/mol. The quantitative estimate of drug-likeness (QED) is 0.226. The van der Waals surface area contributed by atoms with Gasteiger partial charge in [-0.15, -0.1) is 0 Å². The summed E-state index contributed by atoms with van der Waals surface area (Å²) in [6, 6.07) is 17.7. The summed E-state index contributed by atoms with van der Waals surface area (Å²) in [5, 5.41) is 10.9. The van der Waals surface area contributed by atoms with Gasteiger partial charge in [0, 0.05) is 24.2 Å². The molecule has 0 amide bonds. The van der Waals surface area contributed by atoms with Gasteiger partial charge >= 0.3 is 5.97 Å². The zero-order valence-electron chi connectivity index (χ0n) is 17.2. The van der Waals surface area contributed by atoms with Crippen LogP contribution in [0.5, 0.6) is 0 Å². The van der Waals surface area contributed by atoms with Crippen LogP contribution in [0.25, 0.3) is 0 Å². The summed E-state index contributed by atoms with van der Waals surface area (Å²) in [5.74, 6) is -1.50. The van der Waals surface area contributed by atoms with E-state index in [1.165, 1.54) is 46.8 Å². The Bertz CT molecular complexity index is 1370. The SMILES string of the molecule is O=C(COC(=O)c1cccc(S(=O)(=O)N2CCc3ccccc32)c1)c1cccc([N+](=O)[O-])c1. The number of sulfonamides is 1. The van der Waals surface area contributed by atoms with Crippen LogP contribution >= 0.6 is 0 Å². The van der Waals surface area contributed by atoms with E-state index in [1.807, 2.05) is 12.1 Å². The molecule has 3 aromatic carbocycles. The molecular weight excluding hydrogens is 448 g/mol. The molecule has 33 heavy (non-hydrogen) atoms. The van der Waals surface area contributed by atoms with Gasteiger partial charge in [-0.2, -0.15) is 0 Å². The zero-order valence-corrected chi connectivity index (χ0v) is 18.0. The Morgan fingerprint density at radius 2 is 1.70 bits per heavy atom. The number of carbonyl (C=O) groups excluding carboxylic acids is 2. The highest BCUT2D eigenvalue weighted by molar-refractivity contribution is 7.92. The number of nitro benzene ring substituents is 1. The van der Waals surface area contributed by atoms with Crippen molar-refractivity contribution < 1.29 is 27.7 Å². The lowest BCUT2D eigenvalue weighted by atomic mass is 10.1. The first-order valence-corrected chi connectivity index (χ1v) is 11.4. The topological polar surface area (TPSA) is 124 Å². The summed E-state index contributed by atoms with van der Waals surface area (Å²) in [5.41, 5.74) is 1.27. The fourth-order valence-electron chi connectivity index (χ4n) is 3.56. The predicted molar refractivity (Wildman–Crippen MR) is 119 cm³/mol. The first kappa shape index (κ1) is 22.2. The molecule has 9 nitrogen and oxygen atoms in total. The summed E-state index contributed by atoms with van der Waals surface area (Å²) < 4.78 is 32.7. The fraction of sp³-hybridized carbons (Fsp3) is 0.130. The van der Waals surface area contributed by atoms with E-state index >= 15 is 0 Å². The smallest absolute Gasteiger partial charge is 0.338 e. The van der Waals surface area contributed by atoms with Crippen molar-refractivity contribution in [3.63, 3.8) is 0 Å². The van der Waals surface area contributed by atoms with Gasteiger partial charge < -0.3 is 4.74 Å². The molecule has 0 atom stereocenters. The van der Waals surface area contributed by atoms with Gasteiger partial charge in [0.1, 0.15) is 0 Å². The van der Waals surface area contributed by atoms with E-state index in [0.717, 1.165) is 11.6 Å². The number of Topliss-reactive ketones (excluding diaryl/α,β-unsaturated/α-hetero) is 1. The van der Waals surface area contributed by atoms with Crippen LogP contribution in [-0.4, -0.2) is 38.2 Å². The minimum atomic E-state index is -3.90. The second-order valence-corrected chi connectivity index (χ2v) is 9.15. The molecule has 0 spiro atoms. The molecule has 0 saturated heterocycles. The molecule has 0 N–H and O–H groups in total. The van der Waals surface area contributed by atoms with Crippen LogP contribution in [0.3, 0.4) is 0 Å². The summed E-state index contributed by atoms with van der Waals surface area (Å²) in [7, 11) is -3.90. The van der Waals surface area contributed by atoms with Crippen molar-refractivity contribution in [2.75, 3.05) is 17.5 Å². The minimum Gasteiger partial charge on any atom is -0.454 e. The molecule has 1 aliphatic heterocycles. The van der Waals surface area contributed by atoms with Crippen molar-refractivity contribution in [2.45, 2.75) is 11.3 Å². The molecule has 3 aromatic rings. The van der Waals surface area contributed by atoms with E-state index in [9.17, 15) is 28.1 Å². The molecule has 10 heteroatoms. The van der Waals surface area contributed by atoms with Gasteiger partial charge in [-0.05, 0) is 36.2 Å². The maximum absolute atomic E-state index is 13.2. The largest absolute Gasteiger partial charge is 0.454 e. The molecule has 1 heterocycles. The molecule has 0 saturated carbocycles. The molecule has 0 bridgehead atoms. The third-order valence-electron chi connectivity index (χ3n) is 5.22. The zero-order chi connectivity index (χ0) is 23.6. The minimum absolute atomic E-state index is 0.0287. The molecule has 0 aliphatic carbocycles. The number of benzene rings is 3. The van der Waals surface area contributed by atoms with E-state index in [0.29, 0.717) is 18.7 Å². The van der Waals surface area contributed by atoms with Gasteiger partial charge in [0.15, 0.2) is 6.61 Å². The van der Waals surface area contributed by atoms with Crippen molar-refractivity contribution in [3.05, 3.63) is 99.6 Å². The number of ketones is 1. The third kappa shape index (κ3) is 4.46. The van der Waals surface area contributed by atoms with Crippen molar-refractivity contribution in [2.24, 2.45) is 0 Å².